The van der Waals surface area contributed by atoms with Crippen molar-refractivity contribution in [3.05, 3.63) is 23.2 Å². The quantitative estimate of drug-likeness (QED) is 0.552. The molecule has 0 radical (unpaired) electrons. The first-order chi connectivity index (χ1) is 8.24. The van der Waals surface area contributed by atoms with Crippen LogP contribution in [0.25, 0.3) is 0 Å². The zero-order valence-corrected chi connectivity index (χ0v) is 11.1. The Morgan fingerprint density at radius 2 is 2.06 bits per heavy atom. The van der Waals surface area contributed by atoms with Crippen molar-refractivity contribution in [3.63, 3.8) is 0 Å². The third kappa shape index (κ3) is 5.80. The standard InChI is InChI=1S/C13H21ClN2O/c1-2-3-8-17-9-4-7-16-13-6-5-11(15)10-12(13)14/h5-6,10,16H,2-4,7-9,15H2,1H3. The second-order valence-corrected chi connectivity index (χ2v) is 4.39. The van der Waals surface area contributed by atoms with E-state index in [9.17, 15) is 0 Å². The molecule has 0 fully saturated rings. The second kappa shape index (κ2) is 8.20. The van der Waals surface area contributed by atoms with Crippen molar-refractivity contribution in [1.82, 2.24) is 0 Å². The Labute approximate surface area is 108 Å². The summed E-state index contributed by atoms with van der Waals surface area (Å²) in [5.74, 6) is 0. The molecular weight excluding hydrogens is 236 g/mol. The van der Waals surface area contributed by atoms with Gasteiger partial charge in [0.25, 0.3) is 0 Å². The fourth-order valence-corrected chi connectivity index (χ4v) is 1.68. The van der Waals surface area contributed by atoms with E-state index in [0.29, 0.717) is 10.7 Å². The molecule has 0 saturated heterocycles. The molecule has 0 atom stereocenters. The van der Waals surface area contributed by atoms with E-state index in [1.165, 1.54) is 6.42 Å². The topological polar surface area (TPSA) is 47.3 Å². The number of ether oxygens (including phenoxy) is 1. The lowest BCUT2D eigenvalue weighted by atomic mass is 10.3. The van der Waals surface area contributed by atoms with Gasteiger partial charge in [0.15, 0.2) is 0 Å². The number of hydrogen-bond donors (Lipinski definition) is 2. The molecule has 0 saturated carbocycles. The first kappa shape index (κ1) is 14.1. The van der Waals surface area contributed by atoms with Gasteiger partial charge in [0, 0.05) is 25.4 Å². The summed E-state index contributed by atoms with van der Waals surface area (Å²) in [5, 5.41) is 3.93. The minimum absolute atomic E-state index is 0.664. The Hall–Kier alpha value is -0.930. The predicted octanol–water partition coefficient (Wildman–Crippen LogP) is 3.54. The molecule has 0 amide bonds. The van der Waals surface area contributed by atoms with Crippen LogP contribution < -0.4 is 11.1 Å². The molecular formula is C13H21ClN2O. The van der Waals surface area contributed by atoms with Crippen LogP contribution in [0.3, 0.4) is 0 Å². The van der Waals surface area contributed by atoms with Crippen LogP contribution in [-0.2, 0) is 4.74 Å². The maximum absolute atomic E-state index is 6.04. The number of unbranched alkanes of at least 4 members (excludes halogenated alkanes) is 1. The molecule has 3 nitrogen and oxygen atoms in total. The lowest BCUT2D eigenvalue weighted by Crippen LogP contribution is -2.06. The van der Waals surface area contributed by atoms with Gasteiger partial charge in [0.1, 0.15) is 0 Å². The van der Waals surface area contributed by atoms with Gasteiger partial charge in [-0.25, -0.2) is 0 Å². The van der Waals surface area contributed by atoms with Gasteiger partial charge < -0.3 is 15.8 Å². The van der Waals surface area contributed by atoms with Gasteiger partial charge in [0.05, 0.1) is 10.7 Å². The van der Waals surface area contributed by atoms with Crippen molar-refractivity contribution < 1.29 is 4.74 Å². The van der Waals surface area contributed by atoms with Gasteiger partial charge in [-0.05, 0) is 31.0 Å². The average Bonchev–Trinajstić information content (AvgIpc) is 2.30. The summed E-state index contributed by atoms with van der Waals surface area (Å²) in [5.41, 5.74) is 7.23. The molecule has 0 aliphatic carbocycles. The minimum Gasteiger partial charge on any atom is -0.399 e. The van der Waals surface area contributed by atoms with E-state index >= 15 is 0 Å². The minimum atomic E-state index is 0.664. The average molecular weight is 257 g/mol. The van der Waals surface area contributed by atoms with Gasteiger partial charge >= 0.3 is 0 Å². The number of nitrogen functional groups attached to an aromatic ring is 1. The van der Waals surface area contributed by atoms with Crippen molar-refractivity contribution >= 4 is 23.0 Å². The molecule has 0 aliphatic rings. The van der Waals surface area contributed by atoms with Crippen LogP contribution in [0, 0.1) is 0 Å². The van der Waals surface area contributed by atoms with Crippen LogP contribution in [-0.4, -0.2) is 19.8 Å². The molecule has 0 aromatic heterocycles. The Bertz CT molecular complexity index is 331. The molecule has 0 bridgehead atoms. The van der Waals surface area contributed by atoms with E-state index in [1.54, 1.807) is 6.07 Å². The zero-order valence-electron chi connectivity index (χ0n) is 10.3. The normalized spacial score (nSPS) is 10.5. The molecule has 1 aromatic rings. The largest absolute Gasteiger partial charge is 0.399 e. The molecule has 0 spiro atoms. The summed E-state index contributed by atoms with van der Waals surface area (Å²) < 4.78 is 5.47. The van der Waals surface area contributed by atoms with Gasteiger partial charge in [-0.3, -0.25) is 0 Å². The van der Waals surface area contributed by atoms with Crippen molar-refractivity contribution in [3.8, 4) is 0 Å². The summed E-state index contributed by atoms with van der Waals surface area (Å²) in [6.07, 6.45) is 3.29. The first-order valence-electron chi connectivity index (χ1n) is 6.10. The zero-order chi connectivity index (χ0) is 12.5. The Morgan fingerprint density at radius 1 is 1.29 bits per heavy atom. The number of nitrogens with two attached hydrogens (primary N) is 1. The highest BCUT2D eigenvalue weighted by Crippen LogP contribution is 2.23. The fourth-order valence-electron chi connectivity index (χ4n) is 1.42. The van der Waals surface area contributed by atoms with Crippen LogP contribution in [0.15, 0.2) is 18.2 Å². The van der Waals surface area contributed by atoms with Crippen LogP contribution in [0.1, 0.15) is 26.2 Å². The summed E-state index contributed by atoms with van der Waals surface area (Å²) >= 11 is 6.04. The monoisotopic (exact) mass is 256 g/mol. The SMILES string of the molecule is CCCCOCCCNc1ccc(N)cc1Cl. The van der Waals surface area contributed by atoms with E-state index < -0.39 is 0 Å². The summed E-state index contributed by atoms with van der Waals surface area (Å²) in [6, 6.07) is 5.49. The van der Waals surface area contributed by atoms with Crippen LogP contribution >= 0.6 is 11.6 Å². The summed E-state index contributed by atoms with van der Waals surface area (Å²) in [7, 11) is 0. The van der Waals surface area contributed by atoms with E-state index in [2.05, 4.69) is 12.2 Å². The molecule has 4 heteroatoms. The molecule has 17 heavy (non-hydrogen) atoms. The number of halogens is 1. The third-order valence-corrected chi connectivity index (χ3v) is 2.73. The molecule has 1 rings (SSSR count). The molecule has 0 heterocycles. The summed E-state index contributed by atoms with van der Waals surface area (Å²) in [6.45, 7) is 4.67. The summed E-state index contributed by atoms with van der Waals surface area (Å²) in [4.78, 5) is 0. The maximum atomic E-state index is 6.04. The number of rotatable bonds is 8. The van der Waals surface area contributed by atoms with Crippen LogP contribution in [0.5, 0.6) is 0 Å². The van der Waals surface area contributed by atoms with Crippen molar-refractivity contribution in [2.45, 2.75) is 26.2 Å². The van der Waals surface area contributed by atoms with Gasteiger partial charge in [0.2, 0.25) is 0 Å². The fraction of sp³-hybridized carbons (Fsp3) is 0.538. The highest BCUT2D eigenvalue weighted by molar-refractivity contribution is 6.33. The van der Waals surface area contributed by atoms with Crippen molar-refractivity contribution in [1.29, 1.82) is 0 Å². The van der Waals surface area contributed by atoms with Gasteiger partial charge in [-0.2, -0.15) is 0 Å². The highest BCUT2D eigenvalue weighted by Gasteiger charge is 1.99. The number of hydrogen-bond acceptors (Lipinski definition) is 3. The van der Waals surface area contributed by atoms with Gasteiger partial charge in [-0.1, -0.05) is 24.9 Å². The molecule has 96 valence electrons. The predicted molar refractivity (Wildman–Crippen MR) is 74.7 cm³/mol. The smallest absolute Gasteiger partial charge is 0.0657 e. The molecule has 0 aliphatic heterocycles. The van der Waals surface area contributed by atoms with E-state index in [1.807, 2.05) is 12.1 Å². The lowest BCUT2D eigenvalue weighted by Gasteiger charge is -2.09. The van der Waals surface area contributed by atoms with E-state index in [-0.39, 0.29) is 0 Å². The van der Waals surface area contributed by atoms with Crippen molar-refractivity contribution in [2.75, 3.05) is 30.8 Å². The third-order valence-electron chi connectivity index (χ3n) is 2.42. The Morgan fingerprint density at radius 3 is 2.76 bits per heavy atom. The molecule has 3 N–H and O–H groups in total. The second-order valence-electron chi connectivity index (χ2n) is 3.99. The number of nitrogens with one attached hydrogen (secondary N) is 1. The Balaban J connectivity index is 2.14. The molecule has 0 unspecified atom stereocenters. The highest BCUT2D eigenvalue weighted by atomic mass is 35.5. The van der Waals surface area contributed by atoms with Gasteiger partial charge in [-0.15, -0.1) is 0 Å². The number of benzene rings is 1. The Kier molecular flexibility index (Phi) is 6.82. The van der Waals surface area contributed by atoms with E-state index in [0.717, 1.165) is 38.3 Å². The first-order valence-corrected chi connectivity index (χ1v) is 6.48. The number of anilines is 2. The molecule has 1 aromatic carbocycles. The van der Waals surface area contributed by atoms with E-state index in [4.69, 9.17) is 22.1 Å². The van der Waals surface area contributed by atoms with Crippen molar-refractivity contribution in [2.24, 2.45) is 0 Å². The lowest BCUT2D eigenvalue weighted by molar-refractivity contribution is 0.131. The van der Waals surface area contributed by atoms with Crippen LogP contribution in [0.4, 0.5) is 11.4 Å². The maximum Gasteiger partial charge on any atom is 0.0657 e. The van der Waals surface area contributed by atoms with Crippen LogP contribution in [0.2, 0.25) is 5.02 Å².